The average Bonchev–Trinajstić information content (AvgIpc) is 2.77. The van der Waals surface area contributed by atoms with Crippen LogP contribution in [0.5, 0.6) is 0 Å². The number of hydrogen-bond acceptors (Lipinski definition) is 4. The molecule has 2 N–H and O–H groups in total. The highest BCUT2D eigenvalue weighted by Crippen LogP contribution is 2.37. The van der Waals surface area contributed by atoms with Crippen LogP contribution in [-0.2, 0) is 17.6 Å². The maximum absolute atomic E-state index is 12.6. The Kier molecular flexibility index (Phi) is 5.63. The Balaban J connectivity index is 1.73. The van der Waals surface area contributed by atoms with Crippen LogP contribution in [0.3, 0.4) is 0 Å². The molecule has 1 aromatic heterocycles. The lowest BCUT2D eigenvalue weighted by Gasteiger charge is -2.16. The molecule has 1 atom stereocenters. The van der Waals surface area contributed by atoms with Gasteiger partial charge in [0.1, 0.15) is 17.1 Å². The Morgan fingerprint density at radius 2 is 1.96 bits per heavy atom. The van der Waals surface area contributed by atoms with Crippen LogP contribution in [0.1, 0.15) is 53.3 Å². The Hall–Kier alpha value is -2.32. The molecule has 0 unspecified atom stereocenters. The number of carbonyl (C=O) groups is 1. The van der Waals surface area contributed by atoms with Crippen LogP contribution in [-0.4, -0.2) is 11.9 Å². The zero-order valence-corrected chi connectivity index (χ0v) is 16.4. The van der Waals surface area contributed by atoms with Crippen molar-refractivity contribution in [1.29, 1.82) is 5.26 Å². The molecule has 5 heteroatoms. The van der Waals surface area contributed by atoms with E-state index in [0.717, 1.165) is 36.9 Å². The number of amides is 1. The van der Waals surface area contributed by atoms with Crippen molar-refractivity contribution in [1.82, 2.24) is 0 Å². The number of nitriles is 1. The van der Waals surface area contributed by atoms with E-state index in [1.165, 1.54) is 22.4 Å². The Labute approximate surface area is 159 Å². The van der Waals surface area contributed by atoms with Gasteiger partial charge in [-0.15, -0.1) is 11.3 Å². The molecule has 1 aromatic carbocycles. The fourth-order valence-corrected chi connectivity index (χ4v) is 4.56. The standard InChI is InChI=1S/C21H25N3OS/c1-13-9-10-16(11-14(13)2)23-15(3)20(25)24-21-18(12-22)17-7-5-4-6-8-19(17)26-21/h9-11,15,23H,4-8H2,1-3H3,(H,24,25)/t15-/m0/s1. The van der Waals surface area contributed by atoms with Gasteiger partial charge in [0.15, 0.2) is 0 Å². The molecule has 4 nitrogen and oxygen atoms in total. The number of rotatable bonds is 4. The van der Waals surface area contributed by atoms with Crippen molar-refractivity contribution >= 4 is 27.9 Å². The first kappa shape index (κ1) is 18.5. The number of nitrogens with one attached hydrogen (secondary N) is 2. The number of hydrogen-bond donors (Lipinski definition) is 2. The maximum Gasteiger partial charge on any atom is 0.247 e. The highest BCUT2D eigenvalue weighted by atomic mass is 32.1. The van der Waals surface area contributed by atoms with E-state index in [1.807, 2.05) is 25.1 Å². The fourth-order valence-electron chi connectivity index (χ4n) is 3.32. The molecule has 0 spiro atoms. The molecule has 0 fully saturated rings. The number of carbonyl (C=O) groups excluding carboxylic acids is 1. The third-order valence-electron chi connectivity index (χ3n) is 5.05. The van der Waals surface area contributed by atoms with Gasteiger partial charge in [-0.3, -0.25) is 4.79 Å². The Morgan fingerprint density at radius 1 is 1.19 bits per heavy atom. The summed E-state index contributed by atoms with van der Waals surface area (Å²) in [7, 11) is 0. The van der Waals surface area contributed by atoms with Gasteiger partial charge in [-0.1, -0.05) is 12.5 Å². The lowest BCUT2D eigenvalue weighted by molar-refractivity contribution is -0.116. The highest BCUT2D eigenvalue weighted by molar-refractivity contribution is 7.16. The molecule has 26 heavy (non-hydrogen) atoms. The summed E-state index contributed by atoms with van der Waals surface area (Å²) in [5, 5.41) is 16.5. The van der Waals surface area contributed by atoms with Crippen molar-refractivity contribution in [3.63, 3.8) is 0 Å². The van der Waals surface area contributed by atoms with Crippen molar-refractivity contribution in [3.8, 4) is 6.07 Å². The van der Waals surface area contributed by atoms with Gasteiger partial charge in [0.25, 0.3) is 0 Å². The minimum atomic E-state index is -0.384. The van der Waals surface area contributed by atoms with Gasteiger partial charge < -0.3 is 10.6 Å². The van der Waals surface area contributed by atoms with Gasteiger partial charge in [0, 0.05) is 10.6 Å². The second-order valence-corrected chi connectivity index (χ2v) is 8.14. The molecule has 1 aliphatic carbocycles. The van der Waals surface area contributed by atoms with Gasteiger partial charge in [0.05, 0.1) is 5.56 Å². The van der Waals surface area contributed by atoms with E-state index in [9.17, 15) is 10.1 Å². The Morgan fingerprint density at radius 3 is 2.69 bits per heavy atom. The van der Waals surface area contributed by atoms with Gasteiger partial charge >= 0.3 is 0 Å². The largest absolute Gasteiger partial charge is 0.374 e. The van der Waals surface area contributed by atoms with Gasteiger partial charge in [-0.2, -0.15) is 5.26 Å². The lowest BCUT2D eigenvalue weighted by Crippen LogP contribution is -2.31. The quantitative estimate of drug-likeness (QED) is 0.752. The number of anilines is 2. The smallest absolute Gasteiger partial charge is 0.247 e. The van der Waals surface area contributed by atoms with Crippen molar-refractivity contribution in [3.05, 3.63) is 45.3 Å². The van der Waals surface area contributed by atoms with Crippen molar-refractivity contribution in [2.45, 2.75) is 58.9 Å². The summed E-state index contributed by atoms with van der Waals surface area (Å²) in [4.78, 5) is 13.9. The lowest BCUT2D eigenvalue weighted by atomic mass is 10.1. The minimum Gasteiger partial charge on any atom is -0.374 e. The monoisotopic (exact) mass is 367 g/mol. The van der Waals surface area contributed by atoms with E-state index in [2.05, 4.69) is 30.6 Å². The fraction of sp³-hybridized carbons (Fsp3) is 0.429. The summed E-state index contributed by atoms with van der Waals surface area (Å²) in [5.41, 5.74) is 5.17. The van der Waals surface area contributed by atoms with Crippen LogP contribution in [0.2, 0.25) is 0 Å². The molecular formula is C21H25N3OS. The SMILES string of the molecule is Cc1ccc(N[C@@H](C)C(=O)Nc2sc3c(c2C#N)CCCCC3)cc1C. The number of fused-ring (bicyclic) bond motifs is 1. The van der Waals surface area contributed by atoms with Crippen LogP contribution in [0.15, 0.2) is 18.2 Å². The molecule has 1 heterocycles. The van der Waals surface area contributed by atoms with E-state index in [-0.39, 0.29) is 11.9 Å². The summed E-state index contributed by atoms with van der Waals surface area (Å²) in [6.07, 6.45) is 5.46. The third kappa shape index (κ3) is 3.91. The molecule has 1 aliphatic rings. The van der Waals surface area contributed by atoms with Crippen molar-refractivity contribution in [2.75, 3.05) is 10.6 Å². The maximum atomic E-state index is 12.6. The summed E-state index contributed by atoms with van der Waals surface area (Å²) in [6, 6.07) is 8.01. The van der Waals surface area contributed by atoms with E-state index >= 15 is 0 Å². The molecule has 0 saturated heterocycles. The first-order valence-corrected chi connectivity index (χ1v) is 10.0. The van der Waals surface area contributed by atoms with Gasteiger partial charge in [-0.05, 0) is 75.3 Å². The molecule has 0 aliphatic heterocycles. The van der Waals surface area contributed by atoms with E-state index in [4.69, 9.17) is 0 Å². The highest BCUT2D eigenvalue weighted by Gasteiger charge is 2.22. The number of aryl methyl sites for hydroxylation is 3. The molecule has 0 radical (unpaired) electrons. The molecule has 3 rings (SSSR count). The molecule has 0 saturated carbocycles. The van der Waals surface area contributed by atoms with Crippen LogP contribution < -0.4 is 10.6 Å². The summed E-state index contributed by atoms with van der Waals surface area (Å²) in [6.45, 7) is 5.97. The van der Waals surface area contributed by atoms with E-state index < -0.39 is 0 Å². The predicted octanol–water partition coefficient (Wildman–Crippen LogP) is 4.94. The van der Waals surface area contributed by atoms with Crippen molar-refractivity contribution < 1.29 is 4.79 Å². The first-order chi connectivity index (χ1) is 12.5. The topological polar surface area (TPSA) is 64.9 Å². The van der Waals surface area contributed by atoms with Crippen LogP contribution in [0.25, 0.3) is 0 Å². The minimum absolute atomic E-state index is 0.115. The predicted molar refractivity (Wildman–Crippen MR) is 108 cm³/mol. The first-order valence-electron chi connectivity index (χ1n) is 9.19. The normalized spacial score (nSPS) is 14.7. The summed E-state index contributed by atoms with van der Waals surface area (Å²) >= 11 is 1.57. The van der Waals surface area contributed by atoms with Crippen LogP contribution in [0, 0.1) is 25.2 Å². The zero-order chi connectivity index (χ0) is 18.7. The molecule has 1 amide bonds. The molecule has 136 valence electrons. The number of nitrogens with zero attached hydrogens (tertiary/aromatic N) is 1. The second kappa shape index (κ2) is 7.92. The van der Waals surface area contributed by atoms with Crippen LogP contribution in [0.4, 0.5) is 10.7 Å². The van der Waals surface area contributed by atoms with Crippen LogP contribution >= 0.6 is 11.3 Å². The number of thiophene rings is 1. The summed E-state index contributed by atoms with van der Waals surface area (Å²) in [5.74, 6) is -0.115. The molecule has 0 bridgehead atoms. The van der Waals surface area contributed by atoms with E-state index in [0.29, 0.717) is 10.6 Å². The molecular weight excluding hydrogens is 342 g/mol. The van der Waals surface area contributed by atoms with Gasteiger partial charge in [0.2, 0.25) is 5.91 Å². The zero-order valence-electron chi connectivity index (χ0n) is 15.6. The second-order valence-electron chi connectivity index (χ2n) is 7.03. The van der Waals surface area contributed by atoms with Gasteiger partial charge in [-0.25, -0.2) is 0 Å². The van der Waals surface area contributed by atoms with E-state index in [1.54, 1.807) is 11.3 Å². The molecule has 2 aromatic rings. The Bertz CT molecular complexity index is 863. The van der Waals surface area contributed by atoms with Crippen molar-refractivity contribution in [2.24, 2.45) is 0 Å². The summed E-state index contributed by atoms with van der Waals surface area (Å²) < 4.78 is 0. The number of benzene rings is 1. The third-order valence-corrected chi connectivity index (χ3v) is 6.26. The average molecular weight is 368 g/mol.